The molecule has 0 aliphatic carbocycles. The summed E-state index contributed by atoms with van der Waals surface area (Å²) in [6.07, 6.45) is -0.0581. The van der Waals surface area contributed by atoms with Crippen molar-refractivity contribution in [2.45, 2.75) is 44.8 Å². The van der Waals surface area contributed by atoms with Gasteiger partial charge < -0.3 is 24.2 Å². The van der Waals surface area contributed by atoms with Crippen molar-refractivity contribution in [1.29, 1.82) is 0 Å². The summed E-state index contributed by atoms with van der Waals surface area (Å²) in [7, 11) is 1.56. The third-order valence-electron chi connectivity index (χ3n) is 3.99. The number of aliphatic carboxylic acids is 1. The van der Waals surface area contributed by atoms with Crippen molar-refractivity contribution in [2.75, 3.05) is 20.2 Å². The number of hydrogen-bond acceptors (Lipinski definition) is 5. The van der Waals surface area contributed by atoms with Crippen LogP contribution in [0.5, 0.6) is 11.5 Å². The van der Waals surface area contributed by atoms with Gasteiger partial charge in [0.2, 0.25) is 5.60 Å². The van der Waals surface area contributed by atoms with Gasteiger partial charge in [-0.3, -0.25) is 0 Å². The van der Waals surface area contributed by atoms with E-state index in [2.05, 4.69) is 0 Å². The van der Waals surface area contributed by atoms with Gasteiger partial charge in [-0.2, -0.15) is 0 Å². The summed E-state index contributed by atoms with van der Waals surface area (Å²) in [6.45, 7) is 5.91. The van der Waals surface area contributed by atoms with Crippen LogP contribution in [-0.2, 0) is 9.53 Å². The number of carboxylic acids is 1. The summed E-state index contributed by atoms with van der Waals surface area (Å²) in [5, 5.41) is 9.68. The lowest BCUT2D eigenvalue weighted by molar-refractivity contribution is -0.159. The first-order valence-corrected chi connectivity index (χ1v) is 8.20. The summed E-state index contributed by atoms with van der Waals surface area (Å²) >= 11 is 0. The SMILES string of the molecule is COc1ccc(OC2(C(=O)O)CCN(C(=O)OC(C)(C)C)CC2)cc1. The molecule has 0 unspecified atom stereocenters. The van der Waals surface area contributed by atoms with Gasteiger partial charge in [-0.15, -0.1) is 0 Å². The Kier molecular flexibility index (Phi) is 5.45. The van der Waals surface area contributed by atoms with Crippen molar-refractivity contribution in [3.8, 4) is 11.5 Å². The molecule has 7 heteroatoms. The number of rotatable bonds is 4. The first-order chi connectivity index (χ1) is 11.6. The Morgan fingerprint density at radius 1 is 1.08 bits per heavy atom. The van der Waals surface area contributed by atoms with Gasteiger partial charge in [0.15, 0.2) is 0 Å². The molecule has 0 atom stereocenters. The number of carbonyl (C=O) groups excluding carboxylic acids is 1. The molecule has 2 rings (SSSR count). The fourth-order valence-electron chi connectivity index (χ4n) is 2.61. The highest BCUT2D eigenvalue weighted by molar-refractivity contribution is 5.79. The van der Waals surface area contributed by atoms with E-state index in [-0.39, 0.29) is 25.9 Å². The minimum Gasteiger partial charge on any atom is -0.497 e. The van der Waals surface area contributed by atoms with E-state index in [1.807, 2.05) is 0 Å². The molecule has 25 heavy (non-hydrogen) atoms. The number of carbonyl (C=O) groups is 2. The molecule has 1 aliphatic rings. The van der Waals surface area contributed by atoms with E-state index in [0.29, 0.717) is 11.5 Å². The Morgan fingerprint density at radius 3 is 2.04 bits per heavy atom. The number of likely N-dealkylation sites (tertiary alicyclic amines) is 1. The molecule has 1 fully saturated rings. The second kappa shape index (κ2) is 7.21. The maximum absolute atomic E-state index is 12.1. The number of carboxylic acid groups (broad SMARTS) is 1. The third-order valence-corrected chi connectivity index (χ3v) is 3.99. The van der Waals surface area contributed by atoms with Crippen LogP contribution in [0.1, 0.15) is 33.6 Å². The standard InChI is InChI=1S/C18H25NO6/c1-17(2,3)25-16(22)19-11-9-18(10-12-19,15(20)21)24-14-7-5-13(23-4)6-8-14/h5-8H,9-12H2,1-4H3,(H,20,21). The highest BCUT2D eigenvalue weighted by atomic mass is 16.6. The molecule has 0 bridgehead atoms. The van der Waals surface area contributed by atoms with Gasteiger partial charge in [0.1, 0.15) is 17.1 Å². The maximum atomic E-state index is 12.1. The van der Waals surface area contributed by atoms with Crippen LogP contribution in [-0.4, -0.2) is 53.5 Å². The monoisotopic (exact) mass is 351 g/mol. The summed E-state index contributed by atoms with van der Waals surface area (Å²) in [5.41, 5.74) is -1.94. The molecule has 1 saturated heterocycles. The zero-order chi connectivity index (χ0) is 18.7. The predicted octanol–water partition coefficient (Wildman–Crippen LogP) is 2.93. The van der Waals surface area contributed by atoms with Gasteiger partial charge in [-0.1, -0.05) is 0 Å². The molecule has 1 aromatic carbocycles. The Labute approximate surface area is 147 Å². The number of piperidine rings is 1. The van der Waals surface area contributed by atoms with E-state index in [1.54, 1.807) is 52.1 Å². The van der Waals surface area contributed by atoms with Gasteiger partial charge in [-0.05, 0) is 45.0 Å². The highest BCUT2D eigenvalue weighted by Crippen LogP contribution is 2.31. The van der Waals surface area contributed by atoms with Gasteiger partial charge in [0, 0.05) is 25.9 Å². The number of nitrogens with zero attached hydrogens (tertiary/aromatic N) is 1. The van der Waals surface area contributed by atoms with Crippen LogP contribution >= 0.6 is 0 Å². The topological polar surface area (TPSA) is 85.3 Å². The summed E-state index contributed by atoms with van der Waals surface area (Å²) in [5.74, 6) is 0.0811. The van der Waals surface area contributed by atoms with Crippen LogP contribution in [0.25, 0.3) is 0 Å². The van der Waals surface area contributed by atoms with E-state index in [4.69, 9.17) is 14.2 Å². The fraction of sp³-hybridized carbons (Fsp3) is 0.556. The molecule has 1 aromatic rings. The van der Waals surface area contributed by atoms with E-state index in [9.17, 15) is 14.7 Å². The maximum Gasteiger partial charge on any atom is 0.410 e. The molecule has 1 aliphatic heterocycles. The fourth-order valence-corrected chi connectivity index (χ4v) is 2.61. The lowest BCUT2D eigenvalue weighted by atomic mass is 9.91. The lowest BCUT2D eigenvalue weighted by Gasteiger charge is -2.39. The van der Waals surface area contributed by atoms with E-state index < -0.39 is 23.3 Å². The van der Waals surface area contributed by atoms with E-state index in [0.717, 1.165) is 0 Å². The Morgan fingerprint density at radius 2 is 1.60 bits per heavy atom. The molecular weight excluding hydrogens is 326 g/mol. The molecule has 0 aromatic heterocycles. The number of ether oxygens (including phenoxy) is 3. The second-order valence-corrected chi connectivity index (χ2v) is 7.04. The van der Waals surface area contributed by atoms with Crippen molar-refractivity contribution in [3.63, 3.8) is 0 Å². The number of methoxy groups -OCH3 is 1. The summed E-state index contributed by atoms with van der Waals surface area (Å²) in [4.78, 5) is 25.5. The number of amides is 1. The van der Waals surface area contributed by atoms with Gasteiger partial charge in [0.05, 0.1) is 7.11 Å². The molecular formula is C18H25NO6. The van der Waals surface area contributed by atoms with Crippen molar-refractivity contribution < 1.29 is 28.9 Å². The van der Waals surface area contributed by atoms with Crippen LogP contribution < -0.4 is 9.47 Å². The smallest absolute Gasteiger partial charge is 0.410 e. The second-order valence-electron chi connectivity index (χ2n) is 7.04. The molecule has 0 spiro atoms. The predicted molar refractivity (Wildman–Crippen MR) is 91.0 cm³/mol. The molecule has 0 radical (unpaired) electrons. The zero-order valence-corrected chi connectivity index (χ0v) is 15.1. The first kappa shape index (κ1) is 18.9. The zero-order valence-electron chi connectivity index (χ0n) is 15.1. The summed E-state index contributed by atoms with van der Waals surface area (Å²) < 4.78 is 16.2. The van der Waals surface area contributed by atoms with Gasteiger partial charge in [0.25, 0.3) is 0 Å². The van der Waals surface area contributed by atoms with Crippen LogP contribution in [0.3, 0.4) is 0 Å². The Balaban J connectivity index is 2.05. The number of hydrogen-bond donors (Lipinski definition) is 1. The minimum atomic E-state index is -1.35. The lowest BCUT2D eigenvalue weighted by Crippen LogP contribution is -2.54. The number of benzene rings is 1. The molecule has 138 valence electrons. The first-order valence-electron chi connectivity index (χ1n) is 8.20. The van der Waals surface area contributed by atoms with E-state index in [1.165, 1.54) is 4.90 Å². The van der Waals surface area contributed by atoms with Crippen molar-refractivity contribution in [1.82, 2.24) is 4.90 Å². The Hall–Kier alpha value is -2.44. The highest BCUT2D eigenvalue weighted by Gasteiger charge is 2.45. The van der Waals surface area contributed by atoms with Crippen LogP contribution in [0, 0.1) is 0 Å². The summed E-state index contributed by atoms with van der Waals surface area (Å²) in [6, 6.07) is 6.76. The Bertz CT molecular complexity index is 611. The molecule has 7 nitrogen and oxygen atoms in total. The average molecular weight is 351 g/mol. The third kappa shape index (κ3) is 4.78. The normalized spacial score (nSPS) is 16.9. The molecule has 1 N–H and O–H groups in total. The average Bonchev–Trinajstić information content (AvgIpc) is 2.54. The molecule has 0 saturated carbocycles. The molecule has 1 amide bonds. The quantitative estimate of drug-likeness (QED) is 0.898. The van der Waals surface area contributed by atoms with Gasteiger partial charge in [-0.25, -0.2) is 9.59 Å². The molecule has 1 heterocycles. The van der Waals surface area contributed by atoms with Crippen LogP contribution in [0.4, 0.5) is 4.79 Å². The van der Waals surface area contributed by atoms with Crippen molar-refractivity contribution >= 4 is 12.1 Å². The minimum absolute atomic E-state index is 0.188. The largest absolute Gasteiger partial charge is 0.497 e. The van der Waals surface area contributed by atoms with Crippen LogP contribution in [0.2, 0.25) is 0 Å². The van der Waals surface area contributed by atoms with E-state index >= 15 is 0 Å². The van der Waals surface area contributed by atoms with Crippen molar-refractivity contribution in [3.05, 3.63) is 24.3 Å². The van der Waals surface area contributed by atoms with Crippen molar-refractivity contribution in [2.24, 2.45) is 0 Å². The van der Waals surface area contributed by atoms with Crippen LogP contribution in [0.15, 0.2) is 24.3 Å². The van der Waals surface area contributed by atoms with Gasteiger partial charge >= 0.3 is 12.1 Å².